The van der Waals surface area contributed by atoms with E-state index in [0.29, 0.717) is 45.3 Å². The molecule has 9 heteroatoms. The third-order valence-corrected chi connectivity index (χ3v) is 14.1. The Bertz CT molecular complexity index is 1490. The Morgan fingerprint density at radius 1 is 0.554 bits per heavy atom. The topological polar surface area (TPSA) is 97.8 Å². The zero-order valence-electron chi connectivity index (χ0n) is 45.2. The van der Waals surface area contributed by atoms with Gasteiger partial charge in [0.15, 0.2) is 5.41 Å². The van der Waals surface area contributed by atoms with Crippen molar-refractivity contribution in [3.05, 3.63) is 28.8 Å². The number of rotatable bonds is 25. The first kappa shape index (κ1) is 57.1. The maximum absolute atomic E-state index is 15.5. The number of nitrogens with zero attached hydrogens (tertiary/aromatic N) is 2. The molecule has 3 rings (SSSR count). The minimum absolute atomic E-state index is 0.108. The number of esters is 2. The smallest absolute Gasteiger partial charge is 0.324 e. The SMILES string of the molecule is CCCCCCCCON1C(C)(C)CC(OC(=O)C(CCCC)(Cc2cc(C(C)(C)C)c(O)c(C(C)(C)C)c2)C(=O)OC2CC(C)(C)N(OCCCCCCCC)C(C)(C)C2)CC1(C)C. The van der Waals surface area contributed by atoms with E-state index in [1.807, 2.05) is 12.1 Å². The highest BCUT2D eigenvalue weighted by molar-refractivity contribution is 6.00. The van der Waals surface area contributed by atoms with E-state index in [9.17, 15) is 5.11 Å². The Morgan fingerprint density at radius 3 is 1.20 bits per heavy atom. The summed E-state index contributed by atoms with van der Waals surface area (Å²) in [7, 11) is 0. The van der Waals surface area contributed by atoms with Crippen LogP contribution in [0, 0.1) is 5.41 Å². The molecule has 2 aliphatic heterocycles. The van der Waals surface area contributed by atoms with Crippen molar-refractivity contribution in [1.82, 2.24) is 10.1 Å². The summed E-state index contributed by atoms with van der Waals surface area (Å²) in [5, 5.41) is 16.0. The van der Waals surface area contributed by atoms with E-state index in [1.165, 1.54) is 51.4 Å². The van der Waals surface area contributed by atoms with Gasteiger partial charge in [0.1, 0.15) is 18.0 Å². The van der Waals surface area contributed by atoms with Crippen molar-refractivity contribution >= 4 is 11.9 Å². The van der Waals surface area contributed by atoms with Crippen LogP contribution in [-0.2, 0) is 46.0 Å². The summed E-state index contributed by atoms with van der Waals surface area (Å²) < 4.78 is 13.5. The molecule has 9 nitrogen and oxygen atoms in total. The van der Waals surface area contributed by atoms with Crippen molar-refractivity contribution in [2.45, 2.75) is 291 Å². The van der Waals surface area contributed by atoms with Crippen molar-refractivity contribution < 1.29 is 33.8 Å². The van der Waals surface area contributed by atoms with Crippen LogP contribution in [-0.4, -0.2) is 74.7 Å². The van der Waals surface area contributed by atoms with Gasteiger partial charge in [-0.05, 0) is 109 Å². The first-order valence-corrected chi connectivity index (χ1v) is 26.2. The largest absolute Gasteiger partial charge is 0.507 e. The van der Waals surface area contributed by atoms with Gasteiger partial charge in [-0.3, -0.25) is 19.3 Å². The number of benzene rings is 1. The van der Waals surface area contributed by atoms with E-state index in [4.69, 9.17) is 19.1 Å². The van der Waals surface area contributed by atoms with Crippen LogP contribution in [0.1, 0.15) is 256 Å². The molecule has 0 aromatic heterocycles. The summed E-state index contributed by atoms with van der Waals surface area (Å²) in [5.74, 6) is -0.771. The third-order valence-electron chi connectivity index (χ3n) is 14.1. The van der Waals surface area contributed by atoms with Gasteiger partial charge in [0.25, 0.3) is 0 Å². The molecule has 1 N–H and O–H groups in total. The highest BCUT2D eigenvalue weighted by Gasteiger charge is 2.55. The maximum Gasteiger partial charge on any atom is 0.324 e. The molecule has 2 heterocycles. The standard InChI is InChI=1S/C56H100N2O7/c1-18-21-24-26-28-30-33-62-57-52(10,11)38-43(39-53(57,12)13)64-48(60)56(32-23-20-3,37-42-35-45(50(4,5)6)47(59)46(36-42)51(7,8)9)49(61)65-44-40-54(14,15)58(55(16,17)41-44)63-34-31-29-27-25-22-19-2/h35-36,43-44,59H,18-34,37-41H2,1-17H3. The molecule has 1 aromatic rings. The van der Waals surface area contributed by atoms with Gasteiger partial charge in [-0.25, -0.2) is 0 Å². The molecule has 0 aliphatic carbocycles. The van der Waals surface area contributed by atoms with Gasteiger partial charge in [-0.2, -0.15) is 10.1 Å². The third kappa shape index (κ3) is 15.9. The minimum atomic E-state index is -1.61. The van der Waals surface area contributed by atoms with Crippen molar-refractivity contribution in [1.29, 1.82) is 0 Å². The summed E-state index contributed by atoms with van der Waals surface area (Å²) in [6.07, 6.45) is 17.6. The predicted molar refractivity (Wildman–Crippen MR) is 268 cm³/mol. The van der Waals surface area contributed by atoms with Gasteiger partial charge in [-0.1, -0.05) is 151 Å². The molecular weight excluding hydrogens is 813 g/mol. The summed E-state index contributed by atoms with van der Waals surface area (Å²) in [6, 6.07) is 4.01. The number of ether oxygens (including phenoxy) is 2. The number of aromatic hydroxyl groups is 1. The Hall–Kier alpha value is -2.20. The van der Waals surface area contributed by atoms with Gasteiger partial charge in [-0.15, -0.1) is 0 Å². The number of hydrogen-bond acceptors (Lipinski definition) is 9. The lowest BCUT2D eigenvalue weighted by molar-refractivity contribution is -0.295. The van der Waals surface area contributed by atoms with Gasteiger partial charge in [0.2, 0.25) is 0 Å². The van der Waals surface area contributed by atoms with Gasteiger partial charge >= 0.3 is 11.9 Å². The van der Waals surface area contributed by atoms with Crippen LogP contribution in [0.3, 0.4) is 0 Å². The lowest BCUT2D eigenvalue weighted by Crippen LogP contribution is -2.63. The molecule has 0 atom stereocenters. The van der Waals surface area contributed by atoms with E-state index in [-0.39, 0.29) is 18.6 Å². The lowest BCUT2D eigenvalue weighted by atomic mass is 9.73. The number of piperidine rings is 2. The van der Waals surface area contributed by atoms with Crippen LogP contribution >= 0.6 is 0 Å². The Balaban J connectivity index is 2.03. The Kier molecular flexibility index (Phi) is 21.0. The first-order valence-electron chi connectivity index (χ1n) is 26.2. The molecule has 0 spiro atoms. The monoisotopic (exact) mass is 913 g/mol. The number of carbonyl (C=O) groups excluding carboxylic acids is 2. The highest BCUT2D eigenvalue weighted by atomic mass is 16.7. The zero-order chi connectivity index (χ0) is 49.1. The van der Waals surface area contributed by atoms with E-state index in [2.05, 4.69) is 128 Å². The van der Waals surface area contributed by atoms with E-state index < -0.39 is 62.5 Å². The van der Waals surface area contributed by atoms with E-state index in [0.717, 1.165) is 48.8 Å². The molecule has 0 saturated carbocycles. The summed E-state index contributed by atoms with van der Waals surface area (Å²) in [4.78, 5) is 44.1. The number of hydroxylamine groups is 4. The fourth-order valence-electron chi connectivity index (χ4n) is 11.1. The number of carbonyl (C=O) groups is 2. The lowest BCUT2D eigenvalue weighted by Gasteiger charge is -2.54. The quantitative estimate of drug-likeness (QED) is 0.0584. The first-order chi connectivity index (χ1) is 30.1. The number of unbranched alkanes of at least 4 members (excludes halogenated alkanes) is 11. The van der Waals surface area contributed by atoms with Gasteiger partial charge < -0.3 is 14.6 Å². The van der Waals surface area contributed by atoms with Crippen LogP contribution in [0.25, 0.3) is 0 Å². The molecule has 2 aliphatic rings. The summed E-state index contributed by atoms with van der Waals surface area (Å²) >= 11 is 0. The second-order valence-corrected chi connectivity index (χ2v) is 24.8. The van der Waals surface area contributed by atoms with Crippen LogP contribution < -0.4 is 0 Å². The fraction of sp³-hybridized carbons (Fsp3) is 0.857. The van der Waals surface area contributed by atoms with Crippen LogP contribution in [0.15, 0.2) is 12.1 Å². The predicted octanol–water partition coefficient (Wildman–Crippen LogP) is 14.4. The molecule has 2 fully saturated rings. The fourth-order valence-corrected chi connectivity index (χ4v) is 11.1. The summed E-state index contributed by atoms with van der Waals surface area (Å²) in [5.41, 5.74) is -1.70. The average Bonchev–Trinajstić information content (AvgIpc) is 3.16. The van der Waals surface area contributed by atoms with Crippen LogP contribution in [0.5, 0.6) is 5.75 Å². The molecule has 1 aromatic carbocycles. The van der Waals surface area contributed by atoms with Crippen LogP contribution in [0.2, 0.25) is 0 Å². The zero-order valence-corrected chi connectivity index (χ0v) is 45.2. The molecule has 376 valence electrons. The highest BCUT2D eigenvalue weighted by Crippen LogP contribution is 2.46. The molecule has 0 amide bonds. The van der Waals surface area contributed by atoms with Crippen molar-refractivity contribution in [3.8, 4) is 5.75 Å². The molecule has 2 saturated heterocycles. The molecule has 65 heavy (non-hydrogen) atoms. The van der Waals surface area contributed by atoms with Crippen molar-refractivity contribution in [2.75, 3.05) is 13.2 Å². The Labute approximate surface area is 399 Å². The van der Waals surface area contributed by atoms with Crippen molar-refractivity contribution in [3.63, 3.8) is 0 Å². The van der Waals surface area contributed by atoms with Crippen molar-refractivity contribution in [2.24, 2.45) is 5.41 Å². The molecular formula is C56H100N2O7. The van der Waals surface area contributed by atoms with Gasteiger partial charge in [0, 0.05) is 47.8 Å². The van der Waals surface area contributed by atoms with Gasteiger partial charge in [0.05, 0.1) is 13.2 Å². The second-order valence-electron chi connectivity index (χ2n) is 24.8. The average molecular weight is 913 g/mol. The Morgan fingerprint density at radius 2 is 0.877 bits per heavy atom. The number of hydrogen-bond donors (Lipinski definition) is 1. The molecule has 0 radical (unpaired) electrons. The summed E-state index contributed by atoms with van der Waals surface area (Å²) in [6.45, 7) is 37.8. The second kappa shape index (κ2) is 23.9. The molecule has 0 unspecified atom stereocenters. The van der Waals surface area contributed by atoms with E-state index >= 15 is 9.59 Å². The number of phenols is 1. The van der Waals surface area contributed by atoms with Crippen LogP contribution in [0.4, 0.5) is 0 Å². The molecule has 0 bridgehead atoms. The minimum Gasteiger partial charge on any atom is -0.507 e. The maximum atomic E-state index is 15.5. The van der Waals surface area contributed by atoms with E-state index in [1.54, 1.807) is 0 Å². The normalized spacial score (nSPS) is 19.6. The number of phenolic OH excluding ortho intramolecular Hbond substituents is 1.